The SMILES string of the molecule is COc1c(C2(C)CCCN2)cc2c(c1F)OCO2. The van der Waals surface area contributed by atoms with E-state index < -0.39 is 5.82 Å². The van der Waals surface area contributed by atoms with Crippen LogP contribution >= 0.6 is 0 Å². The molecule has 0 radical (unpaired) electrons. The van der Waals surface area contributed by atoms with Gasteiger partial charge in [0.15, 0.2) is 11.5 Å². The first-order valence-electron chi connectivity index (χ1n) is 6.07. The highest BCUT2D eigenvalue weighted by atomic mass is 19.1. The number of benzene rings is 1. The normalized spacial score (nSPS) is 25.5. The summed E-state index contributed by atoms with van der Waals surface area (Å²) >= 11 is 0. The van der Waals surface area contributed by atoms with Gasteiger partial charge in [-0.15, -0.1) is 0 Å². The number of methoxy groups -OCH3 is 1. The van der Waals surface area contributed by atoms with Crippen molar-refractivity contribution in [2.75, 3.05) is 20.4 Å². The number of rotatable bonds is 2. The van der Waals surface area contributed by atoms with Crippen molar-refractivity contribution in [2.24, 2.45) is 0 Å². The van der Waals surface area contributed by atoms with Crippen molar-refractivity contribution in [3.05, 3.63) is 17.4 Å². The summed E-state index contributed by atoms with van der Waals surface area (Å²) in [6.45, 7) is 3.04. The van der Waals surface area contributed by atoms with Crippen LogP contribution < -0.4 is 19.5 Å². The number of nitrogens with one attached hydrogen (secondary N) is 1. The first-order chi connectivity index (χ1) is 8.65. The fourth-order valence-electron chi connectivity index (χ4n) is 2.72. The van der Waals surface area contributed by atoms with Crippen molar-refractivity contribution < 1.29 is 18.6 Å². The maximum Gasteiger partial charge on any atom is 0.231 e. The van der Waals surface area contributed by atoms with Gasteiger partial charge in [0, 0.05) is 11.1 Å². The monoisotopic (exact) mass is 253 g/mol. The van der Waals surface area contributed by atoms with E-state index in [0.717, 1.165) is 24.9 Å². The van der Waals surface area contributed by atoms with Crippen LogP contribution in [0.4, 0.5) is 4.39 Å². The van der Waals surface area contributed by atoms with Gasteiger partial charge in [-0.05, 0) is 32.4 Å². The van der Waals surface area contributed by atoms with Crippen molar-refractivity contribution in [2.45, 2.75) is 25.3 Å². The number of ether oxygens (including phenoxy) is 3. The van der Waals surface area contributed by atoms with Gasteiger partial charge in [-0.3, -0.25) is 0 Å². The number of hydrogen-bond acceptors (Lipinski definition) is 4. The Hall–Kier alpha value is -1.49. The predicted molar refractivity (Wildman–Crippen MR) is 63.7 cm³/mol. The van der Waals surface area contributed by atoms with Gasteiger partial charge >= 0.3 is 0 Å². The topological polar surface area (TPSA) is 39.7 Å². The standard InChI is InChI=1S/C13H16FNO3/c1-13(4-3-5-15-13)8-6-9-12(18-7-17-9)10(14)11(8)16-2/h6,15H,3-5,7H2,1-2H3. The average molecular weight is 253 g/mol. The summed E-state index contributed by atoms with van der Waals surface area (Å²) in [6, 6.07) is 1.82. The van der Waals surface area contributed by atoms with E-state index in [1.807, 2.05) is 6.07 Å². The quantitative estimate of drug-likeness (QED) is 0.876. The Balaban J connectivity index is 2.16. The Morgan fingerprint density at radius 3 is 2.94 bits per heavy atom. The van der Waals surface area contributed by atoms with Crippen LogP contribution in [-0.2, 0) is 5.54 Å². The van der Waals surface area contributed by atoms with E-state index in [-0.39, 0.29) is 23.8 Å². The molecule has 0 aliphatic carbocycles. The first-order valence-corrected chi connectivity index (χ1v) is 6.07. The summed E-state index contributed by atoms with van der Waals surface area (Å²) in [5, 5.41) is 3.40. The third-order valence-electron chi connectivity index (χ3n) is 3.73. The molecule has 1 aromatic rings. The zero-order valence-corrected chi connectivity index (χ0v) is 10.5. The smallest absolute Gasteiger partial charge is 0.231 e. The van der Waals surface area contributed by atoms with E-state index in [0.29, 0.717) is 5.75 Å². The molecule has 0 amide bonds. The second-order valence-electron chi connectivity index (χ2n) is 4.87. The highest BCUT2D eigenvalue weighted by molar-refractivity contribution is 5.55. The molecule has 1 atom stereocenters. The highest BCUT2D eigenvalue weighted by Crippen LogP contribution is 2.46. The molecule has 2 aliphatic rings. The fraction of sp³-hybridized carbons (Fsp3) is 0.538. The maximum absolute atomic E-state index is 14.3. The van der Waals surface area contributed by atoms with Crippen molar-refractivity contribution in [1.29, 1.82) is 0 Å². The summed E-state index contributed by atoms with van der Waals surface area (Å²) < 4.78 is 29.9. The molecule has 0 aromatic heterocycles. The second kappa shape index (κ2) is 4.02. The van der Waals surface area contributed by atoms with Gasteiger partial charge in [0.05, 0.1) is 7.11 Å². The number of halogens is 1. The van der Waals surface area contributed by atoms with Crippen molar-refractivity contribution >= 4 is 0 Å². The van der Waals surface area contributed by atoms with E-state index in [2.05, 4.69) is 12.2 Å². The van der Waals surface area contributed by atoms with Crippen LogP contribution in [0.25, 0.3) is 0 Å². The van der Waals surface area contributed by atoms with E-state index in [9.17, 15) is 4.39 Å². The van der Waals surface area contributed by atoms with Crippen LogP contribution in [0.3, 0.4) is 0 Å². The fourth-order valence-corrected chi connectivity index (χ4v) is 2.72. The molecule has 2 aliphatic heterocycles. The van der Waals surface area contributed by atoms with Crippen LogP contribution in [0.15, 0.2) is 6.07 Å². The zero-order chi connectivity index (χ0) is 12.8. The van der Waals surface area contributed by atoms with Crippen LogP contribution in [0, 0.1) is 5.82 Å². The largest absolute Gasteiger partial charge is 0.493 e. The third-order valence-corrected chi connectivity index (χ3v) is 3.73. The minimum atomic E-state index is -0.475. The highest BCUT2D eigenvalue weighted by Gasteiger charge is 2.37. The summed E-state index contributed by atoms with van der Waals surface area (Å²) in [5.74, 6) is 0.379. The molecule has 5 heteroatoms. The molecule has 1 aromatic carbocycles. The van der Waals surface area contributed by atoms with Gasteiger partial charge in [0.25, 0.3) is 0 Å². The van der Waals surface area contributed by atoms with Crippen LogP contribution in [-0.4, -0.2) is 20.4 Å². The minimum absolute atomic E-state index is 0.0585. The summed E-state index contributed by atoms with van der Waals surface area (Å²) in [4.78, 5) is 0. The van der Waals surface area contributed by atoms with Crippen LogP contribution in [0.5, 0.6) is 17.2 Å². The van der Waals surface area contributed by atoms with E-state index >= 15 is 0 Å². The Labute approximate surface area is 105 Å². The molecule has 3 rings (SSSR count). The summed E-state index contributed by atoms with van der Waals surface area (Å²) in [5.41, 5.74) is 0.525. The summed E-state index contributed by atoms with van der Waals surface area (Å²) in [6.07, 6.45) is 2.01. The lowest BCUT2D eigenvalue weighted by atomic mass is 9.89. The Morgan fingerprint density at radius 2 is 2.28 bits per heavy atom. The van der Waals surface area contributed by atoms with Crippen LogP contribution in [0.2, 0.25) is 0 Å². The predicted octanol–water partition coefficient (Wildman–Crippen LogP) is 2.16. The Kier molecular flexibility index (Phi) is 2.59. The van der Waals surface area contributed by atoms with Crippen molar-refractivity contribution in [3.63, 3.8) is 0 Å². The molecule has 0 spiro atoms. The lowest BCUT2D eigenvalue weighted by molar-refractivity contribution is 0.170. The molecular weight excluding hydrogens is 237 g/mol. The first kappa shape index (κ1) is 11.6. The molecule has 4 nitrogen and oxygen atoms in total. The molecule has 1 saturated heterocycles. The van der Waals surface area contributed by atoms with E-state index in [1.165, 1.54) is 7.11 Å². The maximum atomic E-state index is 14.3. The third kappa shape index (κ3) is 1.54. The molecular formula is C13H16FNO3. The zero-order valence-electron chi connectivity index (χ0n) is 10.5. The Bertz CT molecular complexity index is 484. The van der Waals surface area contributed by atoms with E-state index in [1.54, 1.807) is 0 Å². The molecule has 18 heavy (non-hydrogen) atoms. The number of fused-ring (bicyclic) bond motifs is 1. The minimum Gasteiger partial charge on any atom is -0.493 e. The van der Waals surface area contributed by atoms with Crippen molar-refractivity contribution in [3.8, 4) is 17.2 Å². The summed E-state index contributed by atoms with van der Waals surface area (Å²) in [7, 11) is 1.47. The van der Waals surface area contributed by atoms with Gasteiger partial charge in [0.1, 0.15) is 0 Å². The lowest BCUT2D eigenvalue weighted by Crippen LogP contribution is -2.33. The van der Waals surface area contributed by atoms with Gasteiger partial charge in [-0.1, -0.05) is 0 Å². The van der Waals surface area contributed by atoms with Gasteiger partial charge in [-0.25, -0.2) is 0 Å². The van der Waals surface area contributed by atoms with Gasteiger partial charge in [0.2, 0.25) is 18.4 Å². The van der Waals surface area contributed by atoms with Gasteiger partial charge in [-0.2, -0.15) is 4.39 Å². The molecule has 0 saturated carbocycles. The molecule has 0 bridgehead atoms. The molecule has 1 fully saturated rings. The average Bonchev–Trinajstić information content (AvgIpc) is 2.98. The van der Waals surface area contributed by atoms with Crippen LogP contribution in [0.1, 0.15) is 25.3 Å². The van der Waals surface area contributed by atoms with Gasteiger partial charge < -0.3 is 19.5 Å². The molecule has 1 unspecified atom stereocenters. The van der Waals surface area contributed by atoms with Crippen molar-refractivity contribution in [1.82, 2.24) is 5.32 Å². The molecule has 98 valence electrons. The lowest BCUT2D eigenvalue weighted by Gasteiger charge is -2.27. The molecule has 1 N–H and O–H groups in total. The Morgan fingerprint density at radius 1 is 1.44 bits per heavy atom. The van der Waals surface area contributed by atoms with E-state index in [4.69, 9.17) is 14.2 Å². The number of hydrogen-bond donors (Lipinski definition) is 1. The molecule has 2 heterocycles. The second-order valence-corrected chi connectivity index (χ2v) is 4.87.